The molecule has 0 aromatic rings. The van der Waals surface area contributed by atoms with Crippen LogP contribution in [0, 0.1) is 0 Å². The van der Waals surface area contributed by atoms with E-state index in [1.165, 1.54) is 283 Å². The third kappa shape index (κ3) is 50.8. The zero-order valence-corrected chi connectivity index (χ0v) is 44.4. The van der Waals surface area contributed by atoms with E-state index in [0.29, 0.717) is 12.8 Å². The standard InChI is InChI=1S/C60H119NO4/c1-3-5-7-9-11-13-15-17-19-21-23-24-25-26-27-28-29-30-31-32-33-34-35-37-39-41-43-45-47-49-51-53-55-59(64)60(65)61-57(56-62)58(63)54-52-50-48-46-44-42-40-38-36-22-20-18-16-14-12-10-8-6-4-2/h26-27,57-59,62-64H,3-25,28-56H2,1-2H3,(H,61,65)/b27-26-. The average Bonchev–Trinajstić information content (AvgIpc) is 3.31. The fourth-order valence-electron chi connectivity index (χ4n) is 9.72. The smallest absolute Gasteiger partial charge is 0.249 e. The normalized spacial score (nSPS) is 13.2. The highest BCUT2D eigenvalue weighted by Crippen LogP contribution is 2.18. The van der Waals surface area contributed by atoms with E-state index >= 15 is 0 Å². The second-order valence-corrected chi connectivity index (χ2v) is 20.9. The molecule has 0 aromatic heterocycles. The molecule has 0 aliphatic heterocycles. The lowest BCUT2D eigenvalue weighted by molar-refractivity contribution is -0.131. The lowest BCUT2D eigenvalue weighted by Crippen LogP contribution is -2.49. The molecule has 5 nitrogen and oxygen atoms in total. The van der Waals surface area contributed by atoms with Crippen LogP contribution in [-0.2, 0) is 4.79 Å². The summed E-state index contributed by atoms with van der Waals surface area (Å²) in [6.45, 7) is 4.28. The van der Waals surface area contributed by atoms with Gasteiger partial charge in [0.25, 0.3) is 0 Å². The first-order chi connectivity index (χ1) is 32.1. The zero-order valence-electron chi connectivity index (χ0n) is 44.4. The van der Waals surface area contributed by atoms with Gasteiger partial charge in [0.1, 0.15) is 6.10 Å². The van der Waals surface area contributed by atoms with Crippen molar-refractivity contribution >= 4 is 5.91 Å². The molecule has 0 rings (SSSR count). The molecule has 0 aromatic carbocycles. The minimum atomic E-state index is -1.07. The third-order valence-corrected chi connectivity index (χ3v) is 14.4. The van der Waals surface area contributed by atoms with Crippen molar-refractivity contribution < 1.29 is 20.1 Å². The van der Waals surface area contributed by atoms with Crippen molar-refractivity contribution in [3.05, 3.63) is 12.2 Å². The molecule has 0 aliphatic carbocycles. The highest BCUT2D eigenvalue weighted by molar-refractivity contribution is 5.80. The average molecular weight is 919 g/mol. The Morgan fingerprint density at radius 3 is 0.846 bits per heavy atom. The van der Waals surface area contributed by atoms with Crippen molar-refractivity contribution in [2.45, 2.75) is 360 Å². The Labute approximate surface area is 408 Å². The Morgan fingerprint density at radius 2 is 0.585 bits per heavy atom. The number of hydrogen-bond acceptors (Lipinski definition) is 4. The highest BCUT2D eigenvalue weighted by atomic mass is 16.3. The van der Waals surface area contributed by atoms with Crippen molar-refractivity contribution in [3.63, 3.8) is 0 Å². The maximum atomic E-state index is 12.6. The van der Waals surface area contributed by atoms with Gasteiger partial charge in [0.15, 0.2) is 0 Å². The SMILES string of the molecule is CCCCCCCCCCCCCC/C=C\CCCCCCCCCCCCCCCCCCC(O)C(=O)NC(CO)C(O)CCCCCCCCCCCCCCCCCCCCC. The van der Waals surface area contributed by atoms with Gasteiger partial charge < -0.3 is 20.6 Å². The summed E-state index contributed by atoms with van der Waals surface area (Å²) >= 11 is 0. The zero-order chi connectivity index (χ0) is 47.2. The second-order valence-electron chi connectivity index (χ2n) is 20.9. The molecule has 0 radical (unpaired) electrons. The van der Waals surface area contributed by atoms with Crippen LogP contribution in [0.5, 0.6) is 0 Å². The molecule has 0 heterocycles. The predicted octanol–water partition coefficient (Wildman–Crippen LogP) is 18.7. The minimum Gasteiger partial charge on any atom is -0.394 e. The van der Waals surface area contributed by atoms with Crippen LogP contribution >= 0.6 is 0 Å². The molecule has 1 amide bonds. The molecule has 3 atom stereocenters. The van der Waals surface area contributed by atoms with Gasteiger partial charge in [-0.25, -0.2) is 0 Å². The van der Waals surface area contributed by atoms with E-state index < -0.39 is 24.2 Å². The summed E-state index contributed by atoms with van der Waals surface area (Å²) in [6.07, 6.45) is 69.9. The van der Waals surface area contributed by atoms with Gasteiger partial charge >= 0.3 is 0 Å². The van der Waals surface area contributed by atoms with Crippen LogP contribution in [0.3, 0.4) is 0 Å². The van der Waals surface area contributed by atoms with Gasteiger partial charge in [-0.05, 0) is 38.5 Å². The molecule has 0 fully saturated rings. The summed E-state index contributed by atoms with van der Waals surface area (Å²) in [4.78, 5) is 12.6. The van der Waals surface area contributed by atoms with Crippen LogP contribution in [0.4, 0.5) is 0 Å². The first-order valence-electron chi connectivity index (χ1n) is 30.0. The molecular weight excluding hydrogens is 799 g/mol. The maximum absolute atomic E-state index is 12.6. The first-order valence-corrected chi connectivity index (χ1v) is 30.0. The lowest BCUT2D eigenvalue weighted by atomic mass is 10.0. The number of allylic oxidation sites excluding steroid dienone is 2. The Bertz CT molecular complexity index is 925. The summed E-state index contributed by atoms with van der Waals surface area (Å²) in [7, 11) is 0. The van der Waals surface area contributed by atoms with E-state index in [-0.39, 0.29) is 6.61 Å². The second kappa shape index (κ2) is 55.7. The van der Waals surface area contributed by atoms with Crippen LogP contribution in [0.2, 0.25) is 0 Å². The van der Waals surface area contributed by atoms with Crippen molar-refractivity contribution in [1.82, 2.24) is 5.32 Å². The Hall–Kier alpha value is -0.910. The fraction of sp³-hybridized carbons (Fsp3) is 0.950. The summed E-state index contributed by atoms with van der Waals surface area (Å²) in [5.41, 5.74) is 0. The van der Waals surface area contributed by atoms with Crippen LogP contribution in [0.25, 0.3) is 0 Å². The van der Waals surface area contributed by atoms with Gasteiger partial charge in [0.05, 0.1) is 18.8 Å². The van der Waals surface area contributed by atoms with Crippen LogP contribution in [0.15, 0.2) is 12.2 Å². The quantitative estimate of drug-likeness (QED) is 0.0361. The summed E-state index contributed by atoms with van der Waals surface area (Å²) in [6, 6.07) is -0.709. The molecule has 0 spiro atoms. The number of amides is 1. The van der Waals surface area contributed by atoms with Crippen molar-refractivity contribution in [2.75, 3.05) is 6.61 Å². The number of hydrogen-bond donors (Lipinski definition) is 4. The lowest BCUT2D eigenvalue weighted by Gasteiger charge is -2.23. The van der Waals surface area contributed by atoms with Crippen LogP contribution < -0.4 is 5.32 Å². The molecule has 0 bridgehead atoms. The Kier molecular flexibility index (Phi) is 54.9. The summed E-state index contributed by atoms with van der Waals surface area (Å²) in [5.74, 6) is -0.463. The van der Waals surface area contributed by atoms with E-state index in [2.05, 4.69) is 31.3 Å². The number of nitrogens with one attached hydrogen (secondary N) is 1. The molecular formula is C60H119NO4. The molecule has 388 valence electrons. The molecule has 3 unspecified atom stereocenters. The minimum absolute atomic E-state index is 0.309. The van der Waals surface area contributed by atoms with Gasteiger partial charge in [-0.1, -0.05) is 315 Å². The molecule has 65 heavy (non-hydrogen) atoms. The highest BCUT2D eigenvalue weighted by Gasteiger charge is 2.23. The molecule has 0 aliphatic rings. The third-order valence-electron chi connectivity index (χ3n) is 14.4. The van der Waals surface area contributed by atoms with Crippen molar-refractivity contribution in [2.24, 2.45) is 0 Å². The number of rotatable bonds is 56. The van der Waals surface area contributed by atoms with Crippen molar-refractivity contribution in [3.8, 4) is 0 Å². The van der Waals surface area contributed by atoms with Crippen molar-refractivity contribution in [1.29, 1.82) is 0 Å². The molecule has 0 saturated carbocycles. The van der Waals surface area contributed by atoms with Gasteiger partial charge in [0.2, 0.25) is 5.91 Å². The first kappa shape index (κ1) is 64.1. The topological polar surface area (TPSA) is 89.8 Å². The maximum Gasteiger partial charge on any atom is 0.249 e. The summed E-state index contributed by atoms with van der Waals surface area (Å²) in [5, 5.41) is 33.6. The van der Waals surface area contributed by atoms with Gasteiger partial charge in [-0.15, -0.1) is 0 Å². The van der Waals surface area contributed by atoms with E-state index in [0.717, 1.165) is 32.1 Å². The van der Waals surface area contributed by atoms with E-state index in [4.69, 9.17) is 0 Å². The van der Waals surface area contributed by atoms with E-state index in [1.54, 1.807) is 0 Å². The number of aliphatic hydroxyl groups is 3. The monoisotopic (exact) mass is 918 g/mol. The fourth-order valence-corrected chi connectivity index (χ4v) is 9.72. The number of carbonyl (C=O) groups excluding carboxylic acids is 1. The molecule has 0 saturated heterocycles. The number of unbranched alkanes of at least 4 members (excludes halogenated alkanes) is 46. The van der Waals surface area contributed by atoms with Crippen LogP contribution in [-0.4, -0.2) is 46.1 Å². The van der Waals surface area contributed by atoms with Gasteiger partial charge in [-0.2, -0.15) is 0 Å². The van der Waals surface area contributed by atoms with E-state index in [9.17, 15) is 20.1 Å². The van der Waals surface area contributed by atoms with Crippen LogP contribution in [0.1, 0.15) is 341 Å². The van der Waals surface area contributed by atoms with Gasteiger partial charge in [0, 0.05) is 0 Å². The largest absolute Gasteiger partial charge is 0.394 e. The van der Waals surface area contributed by atoms with E-state index in [1.807, 2.05) is 0 Å². The molecule has 5 heteroatoms. The van der Waals surface area contributed by atoms with Gasteiger partial charge in [-0.3, -0.25) is 4.79 Å². The summed E-state index contributed by atoms with van der Waals surface area (Å²) < 4.78 is 0. The Morgan fingerprint density at radius 1 is 0.354 bits per heavy atom. The Balaban J connectivity index is 3.47. The molecule has 4 N–H and O–H groups in total. The number of carbonyl (C=O) groups is 1. The predicted molar refractivity (Wildman–Crippen MR) is 287 cm³/mol. The number of aliphatic hydroxyl groups excluding tert-OH is 3.